The molecule has 0 aromatic heterocycles. The maximum atomic E-state index is 13.4. The largest absolute Gasteiger partial charge is 0.493 e. The molecule has 2 amide bonds. The van der Waals surface area contributed by atoms with E-state index in [-0.39, 0.29) is 23.1 Å². The van der Waals surface area contributed by atoms with Crippen LogP contribution < -0.4 is 14.8 Å². The number of rotatable bonds is 10. The van der Waals surface area contributed by atoms with Gasteiger partial charge in [-0.1, -0.05) is 73.7 Å². The predicted molar refractivity (Wildman–Crippen MR) is 148 cm³/mol. The summed E-state index contributed by atoms with van der Waals surface area (Å²) in [6.07, 6.45) is 1.10. The van der Waals surface area contributed by atoms with Crippen LogP contribution in [0.1, 0.15) is 47.7 Å². The lowest BCUT2D eigenvalue weighted by Gasteiger charge is -2.29. The molecule has 4 rings (SSSR count). The molecule has 6 nitrogen and oxygen atoms in total. The van der Waals surface area contributed by atoms with E-state index in [1.54, 1.807) is 30.9 Å². The second-order valence-corrected chi connectivity index (χ2v) is 10.0. The maximum Gasteiger partial charge on any atom is 0.243 e. The summed E-state index contributed by atoms with van der Waals surface area (Å²) in [4.78, 5) is 28.1. The lowest BCUT2D eigenvalue weighted by Crippen LogP contribution is -2.48. The number of amides is 2. The van der Waals surface area contributed by atoms with Crippen LogP contribution in [0.5, 0.6) is 11.5 Å². The van der Waals surface area contributed by atoms with Crippen molar-refractivity contribution in [2.45, 2.75) is 37.1 Å². The zero-order valence-corrected chi connectivity index (χ0v) is 22.4. The van der Waals surface area contributed by atoms with Crippen molar-refractivity contribution >= 4 is 23.6 Å². The third kappa shape index (κ3) is 6.10. The number of hydrogen-bond acceptors (Lipinski definition) is 5. The van der Waals surface area contributed by atoms with E-state index in [1.165, 1.54) is 11.1 Å². The highest BCUT2D eigenvalue weighted by Gasteiger charge is 2.41. The molecule has 1 aliphatic rings. The SMILES string of the molecule is CCC(=O)N1C(C(=O)NCCC(c2ccccc2)c2ccccc2)CSC1c1ccc(OC)c(OC)c1. The molecule has 2 unspecified atom stereocenters. The first-order chi connectivity index (χ1) is 18.1. The normalized spacial score (nSPS) is 17.0. The first kappa shape index (κ1) is 26.6. The molecule has 1 fully saturated rings. The van der Waals surface area contributed by atoms with Crippen LogP contribution in [-0.2, 0) is 9.59 Å². The number of hydrogen-bond donors (Lipinski definition) is 1. The predicted octanol–water partition coefficient (Wildman–Crippen LogP) is 5.39. The van der Waals surface area contributed by atoms with Crippen LogP contribution in [0.15, 0.2) is 78.9 Å². The highest BCUT2D eigenvalue weighted by molar-refractivity contribution is 7.99. The zero-order chi connectivity index (χ0) is 26.2. The fourth-order valence-electron chi connectivity index (χ4n) is 4.81. The molecule has 0 spiro atoms. The van der Waals surface area contributed by atoms with Crippen molar-refractivity contribution in [1.29, 1.82) is 0 Å². The van der Waals surface area contributed by atoms with Crippen molar-refractivity contribution in [1.82, 2.24) is 10.2 Å². The van der Waals surface area contributed by atoms with Crippen LogP contribution >= 0.6 is 11.8 Å². The number of thioether (sulfide) groups is 1. The summed E-state index contributed by atoms with van der Waals surface area (Å²) in [6, 6.07) is 25.8. The molecule has 194 valence electrons. The number of carbonyl (C=O) groups is 2. The standard InChI is InChI=1S/C30H34N2O4S/c1-4-28(33)32-25(20-37-30(32)23-15-16-26(35-2)27(19-23)36-3)29(34)31-18-17-24(21-11-7-5-8-12-21)22-13-9-6-10-14-22/h5-16,19,24-25,30H,4,17-18,20H2,1-3H3,(H,31,34). The average molecular weight is 519 g/mol. The molecule has 1 N–H and O–H groups in total. The van der Waals surface area contributed by atoms with Crippen LogP contribution in [0.2, 0.25) is 0 Å². The Morgan fingerprint density at radius 3 is 2.14 bits per heavy atom. The highest BCUT2D eigenvalue weighted by Crippen LogP contribution is 2.44. The van der Waals surface area contributed by atoms with Gasteiger partial charge in [-0.3, -0.25) is 9.59 Å². The van der Waals surface area contributed by atoms with Crippen molar-refractivity contribution in [2.24, 2.45) is 0 Å². The Hall–Kier alpha value is -3.45. The summed E-state index contributed by atoms with van der Waals surface area (Å²) in [7, 11) is 3.18. The van der Waals surface area contributed by atoms with Gasteiger partial charge in [0.05, 0.1) is 14.2 Å². The van der Waals surface area contributed by atoms with Gasteiger partial charge in [-0.25, -0.2) is 0 Å². The molecule has 0 saturated carbocycles. The van der Waals surface area contributed by atoms with Gasteiger partial charge in [0.15, 0.2) is 11.5 Å². The van der Waals surface area contributed by atoms with Gasteiger partial charge >= 0.3 is 0 Å². The Kier molecular flexibility index (Phi) is 9.12. The monoisotopic (exact) mass is 518 g/mol. The number of ether oxygens (including phenoxy) is 2. The van der Waals surface area contributed by atoms with Gasteiger partial charge in [0.2, 0.25) is 11.8 Å². The summed E-state index contributed by atoms with van der Waals surface area (Å²) < 4.78 is 10.8. The molecule has 37 heavy (non-hydrogen) atoms. The quantitative estimate of drug-likeness (QED) is 0.390. The van der Waals surface area contributed by atoms with Crippen LogP contribution in [0.3, 0.4) is 0 Å². The Morgan fingerprint density at radius 2 is 1.57 bits per heavy atom. The third-order valence-corrected chi connectivity index (χ3v) is 8.05. The van der Waals surface area contributed by atoms with E-state index < -0.39 is 6.04 Å². The van der Waals surface area contributed by atoms with Crippen molar-refractivity contribution in [2.75, 3.05) is 26.5 Å². The Bertz CT molecular complexity index is 1150. The Morgan fingerprint density at radius 1 is 0.946 bits per heavy atom. The topological polar surface area (TPSA) is 67.9 Å². The molecular formula is C30H34N2O4S. The third-order valence-electron chi connectivity index (χ3n) is 6.72. The van der Waals surface area contributed by atoms with E-state index in [9.17, 15) is 9.59 Å². The summed E-state index contributed by atoms with van der Waals surface area (Å²) >= 11 is 1.60. The molecule has 0 bridgehead atoms. The van der Waals surface area contributed by atoms with E-state index in [1.807, 2.05) is 61.5 Å². The average Bonchev–Trinajstić information content (AvgIpc) is 3.41. The molecule has 0 radical (unpaired) electrons. The number of methoxy groups -OCH3 is 2. The van der Waals surface area contributed by atoms with E-state index in [2.05, 4.69) is 29.6 Å². The lowest BCUT2D eigenvalue weighted by molar-refractivity contribution is -0.139. The number of nitrogens with zero attached hydrogens (tertiary/aromatic N) is 1. The van der Waals surface area contributed by atoms with E-state index in [0.29, 0.717) is 30.2 Å². The van der Waals surface area contributed by atoms with Crippen molar-refractivity contribution < 1.29 is 19.1 Å². The van der Waals surface area contributed by atoms with Gasteiger partial charge in [0.25, 0.3) is 0 Å². The van der Waals surface area contributed by atoms with Gasteiger partial charge in [-0.2, -0.15) is 0 Å². The first-order valence-corrected chi connectivity index (χ1v) is 13.6. The molecule has 3 aromatic rings. The molecule has 1 heterocycles. The van der Waals surface area contributed by atoms with Crippen molar-refractivity contribution in [3.8, 4) is 11.5 Å². The van der Waals surface area contributed by atoms with E-state index in [4.69, 9.17) is 9.47 Å². The molecule has 0 aliphatic carbocycles. The lowest BCUT2D eigenvalue weighted by atomic mass is 9.88. The zero-order valence-electron chi connectivity index (χ0n) is 21.6. The summed E-state index contributed by atoms with van der Waals surface area (Å²) in [6.45, 7) is 2.35. The van der Waals surface area contributed by atoms with Crippen molar-refractivity contribution in [3.63, 3.8) is 0 Å². The summed E-state index contributed by atoms with van der Waals surface area (Å²) in [5.41, 5.74) is 3.35. The van der Waals surface area contributed by atoms with Gasteiger partial charge in [-0.05, 0) is 35.2 Å². The second-order valence-electron chi connectivity index (χ2n) is 8.92. The molecule has 1 aliphatic heterocycles. The minimum absolute atomic E-state index is 0.0450. The summed E-state index contributed by atoms with van der Waals surface area (Å²) in [5, 5.41) is 2.87. The van der Waals surface area contributed by atoms with Crippen LogP contribution in [0.4, 0.5) is 0 Å². The van der Waals surface area contributed by atoms with Crippen LogP contribution in [0, 0.1) is 0 Å². The van der Waals surface area contributed by atoms with Crippen molar-refractivity contribution in [3.05, 3.63) is 95.6 Å². The van der Waals surface area contributed by atoms with Gasteiger partial charge in [0, 0.05) is 24.6 Å². The van der Waals surface area contributed by atoms with Gasteiger partial charge < -0.3 is 19.7 Å². The number of nitrogens with one attached hydrogen (secondary N) is 1. The number of carbonyl (C=O) groups excluding carboxylic acids is 2. The molecule has 1 saturated heterocycles. The maximum absolute atomic E-state index is 13.4. The van der Waals surface area contributed by atoms with Gasteiger partial charge in [0.1, 0.15) is 11.4 Å². The fraction of sp³-hybridized carbons (Fsp3) is 0.333. The van der Waals surface area contributed by atoms with Crippen LogP contribution in [0.25, 0.3) is 0 Å². The molecule has 7 heteroatoms. The smallest absolute Gasteiger partial charge is 0.243 e. The van der Waals surface area contributed by atoms with E-state index in [0.717, 1.165) is 12.0 Å². The molecular weight excluding hydrogens is 484 g/mol. The van der Waals surface area contributed by atoms with E-state index >= 15 is 0 Å². The minimum Gasteiger partial charge on any atom is -0.493 e. The fourth-order valence-corrected chi connectivity index (χ4v) is 6.25. The Balaban J connectivity index is 1.47. The van der Waals surface area contributed by atoms with Gasteiger partial charge in [-0.15, -0.1) is 11.8 Å². The first-order valence-electron chi connectivity index (χ1n) is 12.6. The minimum atomic E-state index is -0.526. The number of benzene rings is 3. The second kappa shape index (κ2) is 12.7. The molecule has 3 aromatic carbocycles. The Labute approximate surface area is 223 Å². The highest BCUT2D eigenvalue weighted by atomic mass is 32.2. The summed E-state index contributed by atoms with van der Waals surface area (Å²) in [5.74, 6) is 1.79. The molecule has 2 atom stereocenters. The van der Waals surface area contributed by atoms with Crippen LogP contribution in [-0.4, -0.2) is 49.3 Å².